The molecule has 1 amide bonds. The highest BCUT2D eigenvalue weighted by Gasteiger charge is 2.13. The van der Waals surface area contributed by atoms with Gasteiger partial charge in [0.2, 0.25) is 5.82 Å². The van der Waals surface area contributed by atoms with Gasteiger partial charge in [0, 0.05) is 16.7 Å². The van der Waals surface area contributed by atoms with Crippen LogP contribution in [0.4, 0.5) is 10.1 Å². The van der Waals surface area contributed by atoms with Crippen LogP contribution in [0.5, 0.6) is 5.75 Å². The fourth-order valence-corrected chi connectivity index (χ4v) is 2.76. The molecule has 0 unspecified atom stereocenters. The molecule has 0 saturated carbocycles. The Kier molecular flexibility index (Phi) is 5.03. The number of nitrogens with one attached hydrogen (secondary N) is 1. The minimum Gasteiger partial charge on any atom is -0.495 e. The number of carbonyl (C=O) groups excluding carboxylic acids is 1. The Hall–Kier alpha value is -4.00. The number of rotatable bonds is 5. The summed E-state index contributed by atoms with van der Waals surface area (Å²) >= 11 is 0. The van der Waals surface area contributed by atoms with E-state index in [1.54, 1.807) is 55.6 Å². The molecule has 0 spiro atoms. The number of anilines is 1. The molecule has 29 heavy (non-hydrogen) atoms. The molecule has 0 atom stereocenters. The summed E-state index contributed by atoms with van der Waals surface area (Å²) in [6.45, 7) is 0. The topological polar surface area (TPSA) is 77.2 Å². The minimum absolute atomic E-state index is 0.265. The van der Waals surface area contributed by atoms with Crippen LogP contribution in [0.15, 0.2) is 77.3 Å². The quantitative estimate of drug-likeness (QED) is 0.530. The van der Waals surface area contributed by atoms with Crippen molar-refractivity contribution in [2.75, 3.05) is 12.4 Å². The highest BCUT2D eigenvalue weighted by atomic mass is 19.1. The van der Waals surface area contributed by atoms with E-state index in [9.17, 15) is 9.18 Å². The second-order valence-corrected chi connectivity index (χ2v) is 6.16. The van der Waals surface area contributed by atoms with Crippen molar-refractivity contribution in [3.8, 4) is 28.6 Å². The predicted octanol–water partition coefficient (Wildman–Crippen LogP) is 4.80. The number of nitrogens with zero attached hydrogens (tertiary/aromatic N) is 2. The van der Waals surface area contributed by atoms with Crippen molar-refractivity contribution in [2.45, 2.75) is 0 Å². The Morgan fingerprint density at radius 3 is 2.38 bits per heavy atom. The van der Waals surface area contributed by atoms with E-state index in [1.807, 2.05) is 12.1 Å². The maximum Gasteiger partial charge on any atom is 0.258 e. The highest BCUT2D eigenvalue weighted by molar-refractivity contribution is 6.05. The van der Waals surface area contributed by atoms with Gasteiger partial charge >= 0.3 is 0 Å². The normalized spacial score (nSPS) is 10.6. The van der Waals surface area contributed by atoms with Crippen LogP contribution in [-0.4, -0.2) is 23.2 Å². The molecule has 0 saturated heterocycles. The number of hydrogen-bond donors (Lipinski definition) is 1. The first-order valence-corrected chi connectivity index (χ1v) is 8.78. The average Bonchev–Trinajstić information content (AvgIpc) is 3.25. The molecule has 0 aliphatic rings. The molecule has 4 rings (SSSR count). The van der Waals surface area contributed by atoms with Crippen molar-refractivity contribution < 1.29 is 18.4 Å². The van der Waals surface area contributed by atoms with E-state index in [1.165, 1.54) is 12.1 Å². The molecule has 0 bridgehead atoms. The molecule has 7 heteroatoms. The molecular weight excluding hydrogens is 373 g/mol. The van der Waals surface area contributed by atoms with Gasteiger partial charge in [0.1, 0.15) is 11.6 Å². The van der Waals surface area contributed by atoms with E-state index in [2.05, 4.69) is 15.5 Å². The van der Waals surface area contributed by atoms with Crippen LogP contribution < -0.4 is 10.1 Å². The smallest absolute Gasteiger partial charge is 0.258 e. The molecule has 0 fully saturated rings. The Morgan fingerprint density at radius 2 is 1.66 bits per heavy atom. The molecule has 6 nitrogen and oxygen atoms in total. The minimum atomic E-state index is -0.334. The monoisotopic (exact) mass is 389 g/mol. The molecule has 3 aromatic carbocycles. The molecule has 0 radical (unpaired) electrons. The fraction of sp³-hybridized carbons (Fsp3) is 0.0455. The number of aromatic nitrogens is 2. The van der Waals surface area contributed by atoms with Gasteiger partial charge in [0.15, 0.2) is 0 Å². The van der Waals surface area contributed by atoms with Crippen LogP contribution in [0, 0.1) is 5.82 Å². The van der Waals surface area contributed by atoms with Gasteiger partial charge in [-0.1, -0.05) is 17.3 Å². The number of hydrogen-bond acceptors (Lipinski definition) is 5. The first-order valence-electron chi connectivity index (χ1n) is 8.78. The summed E-state index contributed by atoms with van der Waals surface area (Å²) in [6, 6.07) is 19.8. The van der Waals surface area contributed by atoms with Crippen LogP contribution in [-0.2, 0) is 0 Å². The lowest BCUT2D eigenvalue weighted by Crippen LogP contribution is -2.12. The van der Waals surface area contributed by atoms with E-state index in [0.717, 1.165) is 0 Å². The third-order valence-corrected chi connectivity index (χ3v) is 4.28. The van der Waals surface area contributed by atoms with Gasteiger partial charge in [-0.15, -0.1) is 0 Å². The number of benzene rings is 3. The number of halogens is 1. The Labute approximate surface area is 166 Å². The van der Waals surface area contributed by atoms with Crippen molar-refractivity contribution in [1.29, 1.82) is 0 Å². The summed E-state index contributed by atoms with van der Waals surface area (Å²) < 4.78 is 23.6. The first-order chi connectivity index (χ1) is 14.1. The number of methoxy groups -OCH3 is 1. The lowest BCUT2D eigenvalue weighted by molar-refractivity contribution is 0.102. The summed E-state index contributed by atoms with van der Waals surface area (Å²) in [4.78, 5) is 16.8. The zero-order valence-corrected chi connectivity index (χ0v) is 15.4. The molecule has 144 valence electrons. The molecule has 4 aromatic rings. The molecular formula is C22H16FN3O3. The molecule has 0 aliphatic carbocycles. The van der Waals surface area contributed by atoms with Crippen LogP contribution in [0.2, 0.25) is 0 Å². The number of amides is 1. The number of ether oxygens (including phenoxy) is 1. The van der Waals surface area contributed by atoms with Gasteiger partial charge in [-0.2, -0.15) is 4.98 Å². The zero-order valence-electron chi connectivity index (χ0n) is 15.4. The first kappa shape index (κ1) is 18.4. The zero-order chi connectivity index (χ0) is 20.2. The van der Waals surface area contributed by atoms with Crippen molar-refractivity contribution in [3.63, 3.8) is 0 Å². The van der Waals surface area contributed by atoms with Gasteiger partial charge in [-0.3, -0.25) is 4.79 Å². The number of para-hydroxylation sites is 2. The van der Waals surface area contributed by atoms with Crippen LogP contribution >= 0.6 is 0 Å². The summed E-state index contributed by atoms with van der Waals surface area (Å²) in [5.41, 5.74) is 2.37. The van der Waals surface area contributed by atoms with Crippen LogP contribution in [0.25, 0.3) is 22.8 Å². The number of carbonyl (C=O) groups is 1. The third kappa shape index (κ3) is 3.98. The summed E-state index contributed by atoms with van der Waals surface area (Å²) in [6.07, 6.45) is 0. The largest absolute Gasteiger partial charge is 0.495 e. The van der Waals surface area contributed by atoms with E-state index in [0.29, 0.717) is 39.8 Å². The maximum absolute atomic E-state index is 13.1. The molecule has 0 aliphatic heterocycles. The Morgan fingerprint density at radius 1 is 0.966 bits per heavy atom. The van der Waals surface area contributed by atoms with Crippen LogP contribution in [0.1, 0.15) is 10.4 Å². The Bertz CT molecular complexity index is 1140. The Balaban J connectivity index is 1.51. The van der Waals surface area contributed by atoms with E-state index < -0.39 is 0 Å². The van der Waals surface area contributed by atoms with Gasteiger partial charge in [-0.25, -0.2) is 4.39 Å². The fourth-order valence-electron chi connectivity index (χ4n) is 2.76. The van der Waals surface area contributed by atoms with Crippen molar-refractivity contribution in [3.05, 3.63) is 84.2 Å². The van der Waals surface area contributed by atoms with Gasteiger partial charge in [0.05, 0.1) is 12.8 Å². The summed E-state index contributed by atoms with van der Waals surface area (Å²) in [7, 11) is 1.55. The van der Waals surface area contributed by atoms with E-state index in [4.69, 9.17) is 9.26 Å². The standard InChI is InChI=1S/C22H16FN3O3/c1-28-19-5-3-2-4-18(19)24-21(27)15-6-8-16(9-7-15)22-25-20(26-29-22)14-10-12-17(23)13-11-14/h2-13H,1H3,(H,24,27). The van der Waals surface area contributed by atoms with Gasteiger partial charge in [-0.05, 0) is 60.7 Å². The third-order valence-electron chi connectivity index (χ3n) is 4.28. The van der Waals surface area contributed by atoms with Crippen LogP contribution in [0.3, 0.4) is 0 Å². The van der Waals surface area contributed by atoms with Crippen molar-refractivity contribution >= 4 is 11.6 Å². The highest BCUT2D eigenvalue weighted by Crippen LogP contribution is 2.25. The molecule has 1 aromatic heterocycles. The predicted molar refractivity (Wildman–Crippen MR) is 106 cm³/mol. The second-order valence-electron chi connectivity index (χ2n) is 6.16. The average molecular weight is 389 g/mol. The maximum atomic E-state index is 13.1. The van der Waals surface area contributed by atoms with E-state index >= 15 is 0 Å². The summed E-state index contributed by atoms with van der Waals surface area (Å²) in [5, 5.41) is 6.74. The lowest BCUT2D eigenvalue weighted by atomic mass is 10.1. The molecule has 1 heterocycles. The van der Waals surface area contributed by atoms with Gasteiger partial charge < -0.3 is 14.6 Å². The molecule has 1 N–H and O–H groups in total. The second kappa shape index (κ2) is 7.93. The SMILES string of the molecule is COc1ccccc1NC(=O)c1ccc(-c2nc(-c3ccc(F)cc3)no2)cc1. The van der Waals surface area contributed by atoms with E-state index in [-0.39, 0.29) is 11.7 Å². The van der Waals surface area contributed by atoms with Crippen molar-refractivity contribution in [1.82, 2.24) is 10.1 Å². The van der Waals surface area contributed by atoms with Gasteiger partial charge in [0.25, 0.3) is 11.8 Å². The van der Waals surface area contributed by atoms with Crippen molar-refractivity contribution in [2.24, 2.45) is 0 Å². The summed E-state index contributed by atoms with van der Waals surface area (Å²) in [5.74, 6) is 0.647. The lowest BCUT2D eigenvalue weighted by Gasteiger charge is -2.09.